The number of hydrogen-bond acceptors (Lipinski definition) is 6. The normalized spacial score (nSPS) is 14.0. The van der Waals surface area contributed by atoms with Gasteiger partial charge in [0.2, 0.25) is 11.8 Å². The van der Waals surface area contributed by atoms with Crippen molar-refractivity contribution in [3.8, 4) is 5.75 Å². The van der Waals surface area contributed by atoms with Gasteiger partial charge in [0, 0.05) is 18.3 Å². The van der Waals surface area contributed by atoms with Crippen LogP contribution in [0.2, 0.25) is 0 Å². The number of amides is 2. The molecule has 10 heteroatoms. The zero-order valence-electron chi connectivity index (χ0n) is 16.8. The van der Waals surface area contributed by atoms with E-state index >= 15 is 0 Å². The molecule has 30 heavy (non-hydrogen) atoms. The van der Waals surface area contributed by atoms with Crippen LogP contribution in [0.3, 0.4) is 0 Å². The van der Waals surface area contributed by atoms with Crippen LogP contribution < -0.4 is 16.4 Å². The predicted octanol–water partition coefficient (Wildman–Crippen LogP) is -0.0620. The standard InChI is InChI=1S/C20H27N5O5/c1-11(2)17(19(28)24-16(20(29)30)8-13-9-22-10-23-13)25-18(27)15(21)7-12-3-5-14(26)6-4-12/h3-6,9-11,15-17,26H,7-8,21H2,1-2H3,(H,22,23)(H,24,28)(H,25,27)(H,29,30)/t15-,16-,17-/m0/s1. The number of rotatable bonds is 10. The fourth-order valence-corrected chi connectivity index (χ4v) is 2.85. The summed E-state index contributed by atoms with van der Waals surface area (Å²) in [7, 11) is 0. The molecule has 7 N–H and O–H groups in total. The van der Waals surface area contributed by atoms with Gasteiger partial charge in [-0.25, -0.2) is 9.78 Å². The molecule has 2 aromatic rings. The second-order valence-electron chi connectivity index (χ2n) is 7.39. The number of imidazole rings is 1. The van der Waals surface area contributed by atoms with Crippen molar-refractivity contribution in [3.63, 3.8) is 0 Å². The molecule has 2 rings (SSSR count). The molecular weight excluding hydrogens is 390 g/mol. The Morgan fingerprint density at radius 2 is 1.77 bits per heavy atom. The number of H-pyrrole nitrogens is 1. The third kappa shape index (κ3) is 6.59. The molecule has 0 saturated heterocycles. The summed E-state index contributed by atoms with van der Waals surface area (Å²) in [6, 6.07) is 3.26. The second kappa shape index (κ2) is 10.4. The summed E-state index contributed by atoms with van der Waals surface area (Å²) in [4.78, 5) is 43.4. The average Bonchev–Trinajstić information content (AvgIpc) is 3.19. The fraction of sp³-hybridized carbons (Fsp3) is 0.400. The van der Waals surface area contributed by atoms with E-state index in [-0.39, 0.29) is 24.5 Å². The molecule has 0 saturated carbocycles. The van der Waals surface area contributed by atoms with Crippen molar-refractivity contribution in [1.82, 2.24) is 20.6 Å². The first kappa shape index (κ1) is 22.9. The smallest absolute Gasteiger partial charge is 0.326 e. The Morgan fingerprint density at radius 3 is 2.30 bits per heavy atom. The highest BCUT2D eigenvalue weighted by atomic mass is 16.4. The number of aliphatic carboxylic acids is 1. The number of nitrogens with zero attached hydrogens (tertiary/aromatic N) is 1. The van der Waals surface area contributed by atoms with E-state index in [0.29, 0.717) is 5.69 Å². The summed E-state index contributed by atoms with van der Waals surface area (Å²) < 4.78 is 0. The van der Waals surface area contributed by atoms with E-state index in [9.17, 15) is 24.6 Å². The predicted molar refractivity (Wildman–Crippen MR) is 108 cm³/mol. The first-order chi connectivity index (χ1) is 14.2. The van der Waals surface area contributed by atoms with E-state index in [1.54, 1.807) is 26.0 Å². The summed E-state index contributed by atoms with van der Waals surface area (Å²) >= 11 is 0. The first-order valence-electron chi connectivity index (χ1n) is 9.51. The van der Waals surface area contributed by atoms with Crippen LogP contribution in [0, 0.1) is 5.92 Å². The number of hydrogen-bond donors (Lipinski definition) is 6. The van der Waals surface area contributed by atoms with Gasteiger partial charge in [-0.3, -0.25) is 9.59 Å². The van der Waals surface area contributed by atoms with Gasteiger partial charge in [-0.05, 0) is 30.0 Å². The molecule has 0 unspecified atom stereocenters. The van der Waals surface area contributed by atoms with E-state index < -0.39 is 35.9 Å². The Hall–Kier alpha value is -3.40. The number of aromatic amines is 1. The van der Waals surface area contributed by atoms with Gasteiger partial charge in [0.05, 0.1) is 12.4 Å². The number of nitrogens with one attached hydrogen (secondary N) is 3. The van der Waals surface area contributed by atoms with Crippen LogP contribution >= 0.6 is 0 Å². The third-order valence-electron chi connectivity index (χ3n) is 4.57. The van der Waals surface area contributed by atoms with Crippen LogP contribution in [-0.4, -0.2) is 56.1 Å². The minimum atomic E-state index is -1.20. The van der Waals surface area contributed by atoms with Crippen LogP contribution in [0.25, 0.3) is 0 Å². The molecule has 1 heterocycles. The van der Waals surface area contributed by atoms with E-state index in [1.807, 2.05) is 0 Å². The quantitative estimate of drug-likeness (QED) is 0.314. The van der Waals surface area contributed by atoms with Gasteiger partial charge in [0.1, 0.15) is 17.8 Å². The summed E-state index contributed by atoms with van der Waals surface area (Å²) in [6.45, 7) is 3.47. The average molecular weight is 417 g/mol. The van der Waals surface area contributed by atoms with E-state index in [0.717, 1.165) is 5.56 Å². The first-order valence-corrected chi connectivity index (χ1v) is 9.51. The Labute approximate surface area is 173 Å². The van der Waals surface area contributed by atoms with Gasteiger partial charge in [0.15, 0.2) is 0 Å². The van der Waals surface area contributed by atoms with Crippen molar-refractivity contribution in [2.24, 2.45) is 11.7 Å². The van der Waals surface area contributed by atoms with Crippen LogP contribution in [0.1, 0.15) is 25.1 Å². The molecule has 0 spiro atoms. The molecule has 0 radical (unpaired) electrons. The minimum absolute atomic E-state index is 0.0280. The maximum absolute atomic E-state index is 12.7. The number of carboxylic acid groups (broad SMARTS) is 1. The van der Waals surface area contributed by atoms with E-state index in [1.165, 1.54) is 24.7 Å². The zero-order chi connectivity index (χ0) is 22.3. The lowest BCUT2D eigenvalue weighted by Gasteiger charge is -2.25. The molecule has 3 atom stereocenters. The Kier molecular flexibility index (Phi) is 7.93. The lowest BCUT2D eigenvalue weighted by atomic mass is 10.0. The van der Waals surface area contributed by atoms with Crippen molar-refractivity contribution in [1.29, 1.82) is 0 Å². The lowest BCUT2D eigenvalue weighted by molar-refractivity contribution is -0.142. The SMILES string of the molecule is CC(C)[C@H](NC(=O)[C@@H](N)Cc1ccc(O)cc1)C(=O)N[C@@H](Cc1cnc[nH]1)C(=O)O. The number of carboxylic acids is 1. The molecule has 0 aliphatic carbocycles. The summed E-state index contributed by atoms with van der Waals surface area (Å²) in [5, 5.41) is 23.8. The highest BCUT2D eigenvalue weighted by Crippen LogP contribution is 2.11. The number of nitrogens with two attached hydrogens (primary N) is 1. The molecule has 0 aliphatic rings. The number of phenols is 1. The molecule has 1 aromatic heterocycles. The number of carbonyl (C=O) groups excluding carboxylic acids is 2. The van der Waals surface area contributed by atoms with Crippen molar-refractivity contribution in [2.75, 3.05) is 0 Å². The summed E-state index contributed by atoms with van der Waals surface area (Å²) in [5.41, 5.74) is 7.28. The molecular formula is C20H27N5O5. The molecule has 0 fully saturated rings. The number of benzene rings is 1. The van der Waals surface area contributed by atoms with Gasteiger partial charge in [-0.1, -0.05) is 26.0 Å². The summed E-state index contributed by atoms with van der Waals surface area (Å²) in [5.74, 6) is -2.52. The maximum Gasteiger partial charge on any atom is 0.326 e. The van der Waals surface area contributed by atoms with Crippen LogP contribution in [0.15, 0.2) is 36.8 Å². The largest absolute Gasteiger partial charge is 0.508 e. The number of aromatic nitrogens is 2. The Morgan fingerprint density at radius 1 is 1.10 bits per heavy atom. The van der Waals surface area contributed by atoms with Crippen LogP contribution in [0.4, 0.5) is 0 Å². The van der Waals surface area contributed by atoms with Crippen LogP contribution in [-0.2, 0) is 27.2 Å². The maximum atomic E-state index is 12.7. The van der Waals surface area contributed by atoms with E-state index in [4.69, 9.17) is 5.73 Å². The van der Waals surface area contributed by atoms with Gasteiger partial charge >= 0.3 is 5.97 Å². The Balaban J connectivity index is 2.00. The number of carbonyl (C=O) groups is 3. The monoisotopic (exact) mass is 417 g/mol. The number of aromatic hydroxyl groups is 1. The lowest BCUT2D eigenvalue weighted by Crippen LogP contribution is -2.56. The third-order valence-corrected chi connectivity index (χ3v) is 4.57. The molecule has 0 bridgehead atoms. The van der Waals surface area contributed by atoms with Crippen LogP contribution in [0.5, 0.6) is 5.75 Å². The van der Waals surface area contributed by atoms with Crippen molar-refractivity contribution in [2.45, 2.75) is 44.8 Å². The fourth-order valence-electron chi connectivity index (χ4n) is 2.85. The van der Waals surface area contributed by atoms with Gasteiger partial charge in [-0.15, -0.1) is 0 Å². The van der Waals surface area contributed by atoms with Gasteiger partial charge in [-0.2, -0.15) is 0 Å². The number of phenolic OH excluding ortho intramolecular Hbond substituents is 1. The van der Waals surface area contributed by atoms with Crippen molar-refractivity contribution < 1.29 is 24.6 Å². The topological polar surface area (TPSA) is 170 Å². The second-order valence-corrected chi connectivity index (χ2v) is 7.39. The highest BCUT2D eigenvalue weighted by molar-refractivity contribution is 5.92. The highest BCUT2D eigenvalue weighted by Gasteiger charge is 2.30. The summed E-state index contributed by atoms with van der Waals surface area (Å²) in [6.07, 6.45) is 3.14. The van der Waals surface area contributed by atoms with Gasteiger partial charge in [0.25, 0.3) is 0 Å². The van der Waals surface area contributed by atoms with Crippen molar-refractivity contribution >= 4 is 17.8 Å². The molecule has 1 aromatic carbocycles. The molecule has 0 aliphatic heterocycles. The van der Waals surface area contributed by atoms with Crippen molar-refractivity contribution in [3.05, 3.63) is 48.0 Å². The molecule has 10 nitrogen and oxygen atoms in total. The Bertz CT molecular complexity index is 851. The molecule has 2 amide bonds. The van der Waals surface area contributed by atoms with Gasteiger partial charge < -0.3 is 31.6 Å². The zero-order valence-corrected chi connectivity index (χ0v) is 16.8. The van der Waals surface area contributed by atoms with E-state index in [2.05, 4.69) is 20.6 Å². The molecule has 162 valence electrons. The minimum Gasteiger partial charge on any atom is -0.508 e.